The van der Waals surface area contributed by atoms with Crippen LogP contribution in [0.1, 0.15) is 41.0 Å². The molecule has 0 unspecified atom stereocenters. The van der Waals surface area contributed by atoms with Gasteiger partial charge in [0, 0.05) is 13.0 Å². The lowest BCUT2D eigenvalue weighted by Crippen LogP contribution is -2.50. The van der Waals surface area contributed by atoms with E-state index in [-0.39, 0.29) is 23.7 Å². The second kappa shape index (κ2) is 8.32. The number of Topliss-reactive ketones (excluding diaryl/α,β-unsaturated/α-hetero) is 1. The molecule has 5 nitrogen and oxygen atoms in total. The van der Waals surface area contributed by atoms with Gasteiger partial charge < -0.3 is 9.16 Å². The van der Waals surface area contributed by atoms with Crippen LogP contribution >= 0.6 is 0 Å². The molecule has 2 atom stereocenters. The maximum absolute atomic E-state index is 12.7. The van der Waals surface area contributed by atoms with Crippen molar-refractivity contribution in [1.82, 2.24) is 4.90 Å². The number of carbonyl (C=O) groups excluding carboxylic acids is 2. The minimum absolute atomic E-state index is 0.0125. The Labute approximate surface area is 153 Å². The van der Waals surface area contributed by atoms with E-state index in [4.69, 9.17) is 9.16 Å². The highest BCUT2D eigenvalue weighted by atomic mass is 28.3. The van der Waals surface area contributed by atoms with E-state index in [0.29, 0.717) is 18.5 Å². The summed E-state index contributed by atoms with van der Waals surface area (Å²) in [4.78, 5) is 26.2. The second-order valence-corrected chi connectivity index (χ2v) is 10.5. The van der Waals surface area contributed by atoms with Crippen molar-refractivity contribution in [2.24, 2.45) is 11.3 Å². The maximum Gasteiger partial charge on any atom is 0.412 e. The number of likely N-dealkylation sites (tertiary alicyclic amines) is 1. The molecule has 0 bridgehead atoms. The zero-order valence-corrected chi connectivity index (χ0v) is 17.9. The van der Waals surface area contributed by atoms with Crippen molar-refractivity contribution in [3.63, 3.8) is 0 Å². The molecule has 0 aromatic heterocycles. The molecule has 1 amide bonds. The summed E-state index contributed by atoms with van der Waals surface area (Å²) in [5, 5.41) is 0. The molecule has 6 heteroatoms. The van der Waals surface area contributed by atoms with Gasteiger partial charge in [-0.25, -0.2) is 4.79 Å². The van der Waals surface area contributed by atoms with Gasteiger partial charge in [-0.15, -0.1) is 0 Å². The SMILES string of the molecule is C=CCOC(=O)N1C[C@H](C(C)(C)C)C[C@@]1(C=C(C)C(C)=O)O[SiH](C)C. The van der Waals surface area contributed by atoms with Gasteiger partial charge in [0.15, 0.2) is 20.5 Å². The molecule has 0 spiro atoms. The summed E-state index contributed by atoms with van der Waals surface area (Å²) in [5.74, 6) is 0.222. The summed E-state index contributed by atoms with van der Waals surface area (Å²) in [7, 11) is -1.49. The lowest BCUT2D eigenvalue weighted by Gasteiger charge is -2.37. The molecular weight excluding hydrogens is 334 g/mol. The van der Waals surface area contributed by atoms with E-state index in [1.54, 1.807) is 17.9 Å². The van der Waals surface area contributed by atoms with E-state index < -0.39 is 20.9 Å². The Morgan fingerprint density at radius 1 is 1.32 bits per heavy atom. The van der Waals surface area contributed by atoms with Gasteiger partial charge in [0.1, 0.15) is 6.61 Å². The molecule has 0 saturated carbocycles. The largest absolute Gasteiger partial charge is 0.445 e. The first-order valence-corrected chi connectivity index (χ1v) is 11.6. The van der Waals surface area contributed by atoms with Gasteiger partial charge in [0.25, 0.3) is 0 Å². The molecule has 142 valence electrons. The Morgan fingerprint density at radius 2 is 1.92 bits per heavy atom. The summed E-state index contributed by atoms with van der Waals surface area (Å²) in [5.41, 5.74) is -0.295. The molecule has 1 aliphatic heterocycles. The van der Waals surface area contributed by atoms with Crippen molar-refractivity contribution in [2.45, 2.75) is 59.9 Å². The molecule has 0 aromatic rings. The number of rotatable bonds is 6. The number of nitrogens with zero attached hydrogens (tertiary/aromatic N) is 1. The van der Waals surface area contributed by atoms with Crippen molar-refractivity contribution in [1.29, 1.82) is 0 Å². The van der Waals surface area contributed by atoms with Gasteiger partial charge in [-0.3, -0.25) is 9.69 Å². The van der Waals surface area contributed by atoms with Gasteiger partial charge in [0.05, 0.1) is 0 Å². The van der Waals surface area contributed by atoms with Crippen LogP contribution in [-0.4, -0.2) is 44.7 Å². The summed E-state index contributed by atoms with van der Waals surface area (Å²) in [6.07, 6.45) is 3.61. The van der Waals surface area contributed by atoms with E-state index in [1.165, 1.54) is 6.92 Å². The Morgan fingerprint density at radius 3 is 2.36 bits per heavy atom. The van der Waals surface area contributed by atoms with E-state index in [1.807, 2.05) is 6.08 Å². The fourth-order valence-corrected chi connectivity index (χ4v) is 4.16. The van der Waals surface area contributed by atoms with Crippen molar-refractivity contribution in [3.8, 4) is 0 Å². The molecule has 25 heavy (non-hydrogen) atoms. The van der Waals surface area contributed by atoms with Crippen LogP contribution < -0.4 is 0 Å². The first-order valence-electron chi connectivity index (χ1n) is 8.86. The number of amides is 1. The lowest BCUT2D eigenvalue weighted by atomic mass is 9.79. The number of hydrogen-bond donors (Lipinski definition) is 0. The van der Waals surface area contributed by atoms with Crippen molar-refractivity contribution in [2.75, 3.05) is 13.2 Å². The molecule has 1 heterocycles. The smallest absolute Gasteiger partial charge is 0.412 e. The minimum atomic E-state index is -1.49. The highest BCUT2D eigenvalue weighted by Gasteiger charge is 2.51. The minimum Gasteiger partial charge on any atom is -0.445 e. The van der Waals surface area contributed by atoms with E-state index in [9.17, 15) is 9.59 Å². The van der Waals surface area contributed by atoms with Gasteiger partial charge in [-0.2, -0.15) is 0 Å². The molecule has 1 saturated heterocycles. The number of ketones is 1. The molecule has 0 aliphatic carbocycles. The Bertz CT molecular complexity index is 550. The van der Waals surface area contributed by atoms with Crippen LogP contribution in [0.5, 0.6) is 0 Å². The van der Waals surface area contributed by atoms with Crippen molar-refractivity contribution in [3.05, 3.63) is 24.3 Å². The number of allylic oxidation sites excluding steroid dienone is 1. The molecule has 1 aliphatic rings. The normalized spacial score (nSPS) is 24.6. The first kappa shape index (κ1) is 21.6. The van der Waals surface area contributed by atoms with Crippen LogP contribution in [0.4, 0.5) is 4.79 Å². The molecule has 1 fully saturated rings. The number of ether oxygens (including phenoxy) is 1. The van der Waals surface area contributed by atoms with E-state index >= 15 is 0 Å². The fraction of sp³-hybridized carbons (Fsp3) is 0.684. The van der Waals surface area contributed by atoms with Crippen molar-refractivity contribution >= 4 is 20.9 Å². The highest BCUT2D eigenvalue weighted by Crippen LogP contribution is 2.44. The summed E-state index contributed by atoms with van der Waals surface area (Å²) in [6, 6.07) is 0. The zero-order valence-electron chi connectivity index (χ0n) is 16.7. The maximum atomic E-state index is 12.7. The summed E-state index contributed by atoms with van der Waals surface area (Å²) < 4.78 is 11.7. The second-order valence-electron chi connectivity index (χ2n) is 8.14. The molecule has 0 radical (unpaired) electrons. The number of carbonyl (C=O) groups is 2. The monoisotopic (exact) mass is 367 g/mol. The molecular formula is C19H33NO4Si. The van der Waals surface area contributed by atoms with Gasteiger partial charge in [0.2, 0.25) is 0 Å². The Kier molecular flexibility index (Phi) is 7.20. The summed E-state index contributed by atoms with van der Waals surface area (Å²) >= 11 is 0. The van der Waals surface area contributed by atoms with Gasteiger partial charge >= 0.3 is 6.09 Å². The standard InChI is InChI=1S/C19H33NO4Si/c1-9-10-23-17(22)20-13-16(18(4,5)6)12-19(20,24-25(7)8)11-14(2)15(3)21/h9,11,16,25H,1,10,12-13H2,2-8H3/t16-,19-/m1/s1. The molecule has 0 aromatic carbocycles. The third-order valence-electron chi connectivity index (χ3n) is 4.61. The van der Waals surface area contributed by atoms with Crippen LogP contribution in [0.15, 0.2) is 24.3 Å². The fourth-order valence-electron chi connectivity index (χ4n) is 3.05. The van der Waals surface area contributed by atoms with E-state index in [0.717, 1.165) is 0 Å². The molecule has 0 N–H and O–H groups in total. The van der Waals surface area contributed by atoms with Crippen LogP contribution in [0.2, 0.25) is 13.1 Å². The number of hydrogen-bond acceptors (Lipinski definition) is 4. The third kappa shape index (κ3) is 5.54. The van der Waals surface area contributed by atoms with Gasteiger partial charge in [-0.1, -0.05) is 33.4 Å². The predicted molar refractivity (Wildman–Crippen MR) is 103 cm³/mol. The van der Waals surface area contributed by atoms with Gasteiger partial charge in [-0.05, 0) is 49.9 Å². The quantitative estimate of drug-likeness (QED) is 0.406. The van der Waals surface area contributed by atoms with Crippen LogP contribution in [0.25, 0.3) is 0 Å². The van der Waals surface area contributed by atoms with Crippen molar-refractivity contribution < 1.29 is 18.8 Å². The highest BCUT2D eigenvalue weighted by molar-refractivity contribution is 6.48. The Balaban J connectivity index is 3.37. The summed E-state index contributed by atoms with van der Waals surface area (Å²) in [6.45, 7) is 18.2. The Hall–Kier alpha value is -1.40. The van der Waals surface area contributed by atoms with Crippen LogP contribution in [0, 0.1) is 11.3 Å². The first-order chi connectivity index (χ1) is 11.4. The third-order valence-corrected chi connectivity index (χ3v) is 5.49. The molecule has 1 rings (SSSR count). The average Bonchev–Trinajstić information content (AvgIpc) is 2.83. The zero-order chi connectivity index (χ0) is 19.4. The topological polar surface area (TPSA) is 55.8 Å². The van der Waals surface area contributed by atoms with E-state index in [2.05, 4.69) is 40.4 Å². The van der Waals surface area contributed by atoms with Crippen LogP contribution in [-0.2, 0) is 14.0 Å². The lowest BCUT2D eigenvalue weighted by molar-refractivity contribution is -0.113. The van der Waals surface area contributed by atoms with Crippen LogP contribution in [0.3, 0.4) is 0 Å². The average molecular weight is 368 g/mol. The predicted octanol–water partition coefficient (Wildman–Crippen LogP) is 3.91.